The molecule has 0 aliphatic heterocycles. The highest BCUT2D eigenvalue weighted by atomic mass is 32.2. The SMILES string of the molecule is O=C(CSc1nnc(Cc2ccccc2)n1-c1ccccc1)NCc1cccs1. The Morgan fingerprint density at radius 1 is 0.966 bits per heavy atom. The van der Waals surface area contributed by atoms with Gasteiger partial charge in [-0.15, -0.1) is 21.5 Å². The van der Waals surface area contributed by atoms with Crippen LogP contribution in [0.3, 0.4) is 0 Å². The Balaban J connectivity index is 1.49. The smallest absolute Gasteiger partial charge is 0.230 e. The number of nitrogens with zero attached hydrogens (tertiary/aromatic N) is 3. The average molecular weight is 421 g/mol. The quantitative estimate of drug-likeness (QED) is 0.431. The van der Waals surface area contributed by atoms with Crippen molar-refractivity contribution in [2.75, 3.05) is 5.75 Å². The Morgan fingerprint density at radius 2 is 1.72 bits per heavy atom. The molecule has 2 heterocycles. The van der Waals surface area contributed by atoms with Gasteiger partial charge in [0.1, 0.15) is 5.82 Å². The van der Waals surface area contributed by atoms with Gasteiger partial charge >= 0.3 is 0 Å². The first-order valence-corrected chi connectivity index (χ1v) is 11.1. The normalized spacial score (nSPS) is 10.8. The number of aromatic nitrogens is 3. The first-order valence-electron chi connectivity index (χ1n) is 9.25. The second kappa shape index (κ2) is 9.54. The number of amides is 1. The summed E-state index contributed by atoms with van der Waals surface area (Å²) in [5, 5.41) is 14.5. The van der Waals surface area contributed by atoms with Gasteiger partial charge in [0, 0.05) is 17.0 Å². The van der Waals surface area contributed by atoms with Gasteiger partial charge in [-0.25, -0.2) is 0 Å². The highest BCUT2D eigenvalue weighted by molar-refractivity contribution is 7.99. The number of carbonyl (C=O) groups excluding carboxylic acids is 1. The van der Waals surface area contributed by atoms with Crippen molar-refractivity contribution in [1.29, 1.82) is 0 Å². The molecule has 7 heteroatoms. The van der Waals surface area contributed by atoms with E-state index in [1.807, 2.05) is 70.6 Å². The lowest BCUT2D eigenvalue weighted by molar-refractivity contribution is -0.118. The molecular weight excluding hydrogens is 400 g/mol. The number of hydrogen-bond acceptors (Lipinski definition) is 5. The molecule has 1 N–H and O–H groups in total. The molecule has 0 saturated heterocycles. The number of thioether (sulfide) groups is 1. The molecule has 0 atom stereocenters. The summed E-state index contributed by atoms with van der Waals surface area (Å²) in [6.45, 7) is 0.557. The third-order valence-corrected chi connectivity index (χ3v) is 6.10. The van der Waals surface area contributed by atoms with E-state index in [1.165, 1.54) is 17.3 Å². The van der Waals surface area contributed by atoms with E-state index in [4.69, 9.17) is 0 Å². The van der Waals surface area contributed by atoms with E-state index < -0.39 is 0 Å². The minimum Gasteiger partial charge on any atom is -0.350 e. The third-order valence-electron chi connectivity index (χ3n) is 4.29. The zero-order valence-corrected chi connectivity index (χ0v) is 17.3. The van der Waals surface area contributed by atoms with E-state index in [2.05, 4.69) is 27.6 Å². The summed E-state index contributed by atoms with van der Waals surface area (Å²) < 4.78 is 2.03. The van der Waals surface area contributed by atoms with Crippen LogP contribution in [0, 0.1) is 0 Å². The average Bonchev–Trinajstić information content (AvgIpc) is 3.42. The first-order chi connectivity index (χ1) is 14.3. The molecule has 2 aromatic carbocycles. The summed E-state index contributed by atoms with van der Waals surface area (Å²) in [6, 6.07) is 24.2. The monoisotopic (exact) mass is 420 g/mol. The first kappa shape index (κ1) is 19.4. The maximum absolute atomic E-state index is 12.3. The van der Waals surface area contributed by atoms with Crippen molar-refractivity contribution in [3.63, 3.8) is 0 Å². The lowest BCUT2D eigenvalue weighted by atomic mass is 10.1. The van der Waals surface area contributed by atoms with Crippen molar-refractivity contribution in [1.82, 2.24) is 20.1 Å². The fourth-order valence-corrected chi connectivity index (χ4v) is 4.35. The minimum absolute atomic E-state index is 0.0179. The van der Waals surface area contributed by atoms with Gasteiger partial charge in [-0.3, -0.25) is 9.36 Å². The second-order valence-electron chi connectivity index (χ2n) is 6.38. The molecule has 1 amide bonds. The Labute approximate surface area is 177 Å². The van der Waals surface area contributed by atoms with Crippen LogP contribution in [-0.2, 0) is 17.8 Å². The summed E-state index contributed by atoms with van der Waals surface area (Å²) in [5.41, 5.74) is 2.16. The number of rotatable bonds is 8. The zero-order valence-electron chi connectivity index (χ0n) is 15.7. The van der Waals surface area contributed by atoms with E-state index in [-0.39, 0.29) is 5.91 Å². The molecule has 4 rings (SSSR count). The zero-order chi connectivity index (χ0) is 19.9. The van der Waals surface area contributed by atoms with Crippen molar-refractivity contribution in [2.45, 2.75) is 18.1 Å². The number of thiophene rings is 1. The minimum atomic E-state index is -0.0179. The Bertz CT molecular complexity index is 1050. The molecule has 29 heavy (non-hydrogen) atoms. The van der Waals surface area contributed by atoms with E-state index in [0.717, 1.165) is 16.4 Å². The second-order valence-corrected chi connectivity index (χ2v) is 8.35. The van der Waals surface area contributed by atoms with Crippen molar-refractivity contribution in [3.8, 4) is 5.69 Å². The van der Waals surface area contributed by atoms with E-state index in [0.29, 0.717) is 23.9 Å². The lowest BCUT2D eigenvalue weighted by Crippen LogP contribution is -2.24. The number of hydrogen-bond donors (Lipinski definition) is 1. The summed E-state index contributed by atoms with van der Waals surface area (Å²) in [6.07, 6.45) is 0.674. The summed E-state index contributed by atoms with van der Waals surface area (Å²) >= 11 is 3.03. The number of nitrogens with one attached hydrogen (secondary N) is 1. The maximum Gasteiger partial charge on any atom is 0.230 e. The highest BCUT2D eigenvalue weighted by Crippen LogP contribution is 2.23. The van der Waals surface area contributed by atoms with Crippen LogP contribution in [0.5, 0.6) is 0 Å². The largest absolute Gasteiger partial charge is 0.350 e. The molecule has 2 aromatic heterocycles. The van der Waals surface area contributed by atoms with Gasteiger partial charge < -0.3 is 5.32 Å². The summed E-state index contributed by atoms with van der Waals surface area (Å²) in [4.78, 5) is 13.4. The van der Waals surface area contributed by atoms with Crippen molar-refractivity contribution in [3.05, 3.63) is 94.4 Å². The Kier molecular flexibility index (Phi) is 6.38. The molecule has 0 saturated carbocycles. The maximum atomic E-state index is 12.3. The molecule has 0 radical (unpaired) electrons. The van der Waals surface area contributed by atoms with Gasteiger partial charge in [0.2, 0.25) is 5.91 Å². The molecular formula is C22H20N4OS2. The molecule has 146 valence electrons. The molecule has 0 aliphatic carbocycles. The number of carbonyl (C=O) groups is 1. The van der Waals surface area contributed by atoms with E-state index in [9.17, 15) is 4.79 Å². The Morgan fingerprint density at radius 3 is 2.45 bits per heavy atom. The number of para-hydroxylation sites is 1. The standard InChI is InChI=1S/C22H20N4OS2/c27-21(23-15-19-12-7-13-28-19)16-29-22-25-24-20(14-17-8-3-1-4-9-17)26(22)18-10-5-2-6-11-18/h1-13H,14-16H2,(H,23,27). The van der Waals surface area contributed by atoms with Gasteiger partial charge in [-0.1, -0.05) is 66.4 Å². The van der Waals surface area contributed by atoms with Gasteiger partial charge in [0.15, 0.2) is 5.16 Å². The van der Waals surface area contributed by atoms with E-state index in [1.54, 1.807) is 11.3 Å². The molecule has 5 nitrogen and oxygen atoms in total. The fraction of sp³-hybridized carbons (Fsp3) is 0.136. The fourth-order valence-electron chi connectivity index (χ4n) is 2.90. The van der Waals surface area contributed by atoms with Gasteiger partial charge in [-0.05, 0) is 29.1 Å². The molecule has 4 aromatic rings. The van der Waals surface area contributed by atoms with Crippen LogP contribution in [0.4, 0.5) is 0 Å². The van der Waals surface area contributed by atoms with Crippen LogP contribution in [0.2, 0.25) is 0 Å². The van der Waals surface area contributed by atoms with Crippen LogP contribution in [-0.4, -0.2) is 26.4 Å². The number of benzene rings is 2. The predicted octanol–water partition coefficient (Wildman–Crippen LogP) is 4.33. The van der Waals surface area contributed by atoms with Crippen molar-refractivity contribution >= 4 is 29.0 Å². The molecule has 0 spiro atoms. The van der Waals surface area contributed by atoms with Crippen molar-refractivity contribution in [2.24, 2.45) is 0 Å². The third kappa shape index (κ3) is 5.13. The predicted molar refractivity (Wildman–Crippen MR) is 117 cm³/mol. The summed E-state index contributed by atoms with van der Waals surface area (Å²) in [7, 11) is 0. The molecule has 0 aliphatic rings. The van der Waals surface area contributed by atoms with Crippen LogP contribution in [0.1, 0.15) is 16.3 Å². The molecule has 0 fully saturated rings. The topological polar surface area (TPSA) is 59.8 Å². The van der Waals surface area contributed by atoms with Gasteiger partial charge in [0.25, 0.3) is 0 Å². The summed E-state index contributed by atoms with van der Waals surface area (Å²) in [5.74, 6) is 1.13. The van der Waals surface area contributed by atoms with Crippen LogP contribution in [0.25, 0.3) is 5.69 Å². The molecule has 0 bridgehead atoms. The highest BCUT2D eigenvalue weighted by Gasteiger charge is 2.16. The van der Waals surface area contributed by atoms with Gasteiger partial charge in [0.05, 0.1) is 12.3 Å². The Hall–Kier alpha value is -2.90. The van der Waals surface area contributed by atoms with Crippen LogP contribution < -0.4 is 5.32 Å². The van der Waals surface area contributed by atoms with Crippen LogP contribution in [0.15, 0.2) is 83.3 Å². The van der Waals surface area contributed by atoms with Crippen molar-refractivity contribution < 1.29 is 4.79 Å². The van der Waals surface area contributed by atoms with Crippen LogP contribution >= 0.6 is 23.1 Å². The van der Waals surface area contributed by atoms with E-state index >= 15 is 0 Å². The lowest BCUT2D eigenvalue weighted by Gasteiger charge is -2.10. The van der Waals surface area contributed by atoms with Gasteiger partial charge in [-0.2, -0.15) is 0 Å². The molecule has 0 unspecified atom stereocenters.